The molecule has 0 aliphatic carbocycles. The van der Waals surface area contributed by atoms with Crippen LogP contribution in [0, 0.1) is 0 Å². The Morgan fingerprint density at radius 3 is 2.67 bits per heavy atom. The molecule has 0 N–H and O–H groups in total. The van der Waals surface area contributed by atoms with Crippen LogP contribution >= 0.6 is 11.8 Å². The Bertz CT molecular complexity index is 716. The predicted molar refractivity (Wildman–Crippen MR) is 102 cm³/mol. The van der Waals surface area contributed by atoms with Crippen molar-refractivity contribution in [1.29, 1.82) is 0 Å². The molecule has 0 aromatic heterocycles. The van der Waals surface area contributed by atoms with Crippen molar-refractivity contribution in [3.63, 3.8) is 0 Å². The van der Waals surface area contributed by atoms with Crippen molar-refractivity contribution < 1.29 is 23.9 Å². The molecule has 0 unspecified atom stereocenters. The van der Waals surface area contributed by atoms with Crippen LogP contribution in [0.5, 0.6) is 0 Å². The minimum Gasteiger partial charge on any atom is -0.456 e. The van der Waals surface area contributed by atoms with Crippen LogP contribution in [0.15, 0.2) is 29.2 Å². The number of ether oxygens (including phenoxy) is 2. The van der Waals surface area contributed by atoms with Gasteiger partial charge in [0.1, 0.15) is 0 Å². The summed E-state index contributed by atoms with van der Waals surface area (Å²) in [6.07, 6.45) is -0.0126. The van der Waals surface area contributed by atoms with Crippen LogP contribution in [0.4, 0.5) is 5.69 Å². The number of anilines is 1. The molecular weight excluding hydrogens is 368 g/mol. The van der Waals surface area contributed by atoms with Gasteiger partial charge in [-0.1, -0.05) is 12.1 Å². The van der Waals surface area contributed by atoms with Crippen LogP contribution in [0.2, 0.25) is 0 Å². The lowest BCUT2D eigenvalue weighted by atomic mass is 10.2. The van der Waals surface area contributed by atoms with E-state index in [1.165, 1.54) is 11.8 Å². The number of hydrogen-bond acceptors (Lipinski definition) is 6. The van der Waals surface area contributed by atoms with Crippen molar-refractivity contribution in [2.75, 3.05) is 36.9 Å². The molecule has 0 radical (unpaired) electrons. The monoisotopic (exact) mass is 392 g/mol. The molecule has 2 aliphatic heterocycles. The van der Waals surface area contributed by atoms with Crippen LogP contribution in [0.1, 0.15) is 20.3 Å². The number of thioether (sulfide) groups is 1. The Kier molecular flexibility index (Phi) is 6.38. The van der Waals surface area contributed by atoms with Crippen molar-refractivity contribution in [3.05, 3.63) is 24.3 Å². The second-order valence-corrected chi connectivity index (χ2v) is 7.79. The molecule has 146 valence electrons. The van der Waals surface area contributed by atoms with Crippen LogP contribution in [-0.4, -0.2) is 66.9 Å². The standard InChI is InChI=1S/C19H24N2O5S/c1-13-9-20(10-14(2)26-13)17(22)11-25-19(24)7-8-21-15-5-3-4-6-16(15)27-12-18(21)23/h3-6,13-14H,7-12H2,1-2H3/t13-,14-/m0/s1. The molecule has 1 aromatic carbocycles. The van der Waals surface area contributed by atoms with Crippen molar-refractivity contribution in [3.8, 4) is 0 Å². The van der Waals surface area contributed by atoms with Crippen molar-refractivity contribution in [2.45, 2.75) is 37.4 Å². The van der Waals surface area contributed by atoms with Gasteiger partial charge in [-0.25, -0.2) is 0 Å². The summed E-state index contributed by atoms with van der Waals surface area (Å²) in [6.45, 7) is 4.78. The SMILES string of the molecule is C[C@H]1CN(C(=O)COC(=O)CCN2C(=O)CSc3ccccc32)C[C@H](C)O1. The van der Waals surface area contributed by atoms with E-state index in [-0.39, 0.29) is 43.6 Å². The van der Waals surface area contributed by atoms with Gasteiger partial charge in [0.25, 0.3) is 5.91 Å². The van der Waals surface area contributed by atoms with Crippen molar-refractivity contribution in [1.82, 2.24) is 4.90 Å². The fourth-order valence-corrected chi connectivity index (χ4v) is 4.23. The molecule has 0 bridgehead atoms. The largest absolute Gasteiger partial charge is 0.456 e. The summed E-state index contributed by atoms with van der Waals surface area (Å²) in [4.78, 5) is 40.8. The van der Waals surface area contributed by atoms with E-state index < -0.39 is 5.97 Å². The second kappa shape index (κ2) is 8.75. The smallest absolute Gasteiger partial charge is 0.308 e. The summed E-state index contributed by atoms with van der Waals surface area (Å²) in [6, 6.07) is 7.62. The molecule has 2 atom stereocenters. The average molecular weight is 392 g/mol. The maximum Gasteiger partial charge on any atom is 0.308 e. The number of carbonyl (C=O) groups is 3. The van der Waals surface area contributed by atoms with Gasteiger partial charge >= 0.3 is 5.97 Å². The number of benzene rings is 1. The number of esters is 1. The molecule has 1 fully saturated rings. The molecule has 0 spiro atoms. The Morgan fingerprint density at radius 2 is 1.93 bits per heavy atom. The normalized spacial score (nSPS) is 22.4. The number of rotatable bonds is 5. The number of morpholine rings is 1. The van der Waals surface area contributed by atoms with E-state index in [4.69, 9.17) is 9.47 Å². The molecule has 2 amide bonds. The number of nitrogens with zero attached hydrogens (tertiary/aromatic N) is 2. The van der Waals surface area contributed by atoms with E-state index in [2.05, 4.69) is 0 Å². The number of para-hydroxylation sites is 1. The molecule has 8 heteroatoms. The van der Waals surface area contributed by atoms with Gasteiger partial charge in [0.15, 0.2) is 6.61 Å². The van der Waals surface area contributed by atoms with E-state index in [1.807, 2.05) is 38.1 Å². The predicted octanol–water partition coefficient (Wildman–Crippen LogP) is 1.69. The highest BCUT2D eigenvalue weighted by Gasteiger charge is 2.27. The first-order chi connectivity index (χ1) is 12.9. The van der Waals surface area contributed by atoms with Gasteiger partial charge < -0.3 is 19.3 Å². The van der Waals surface area contributed by atoms with E-state index in [9.17, 15) is 14.4 Å². The van der Waals surface area contributed by atoms with Crippen LogP contribution < -0.4 is 4.90 Å². The van der Waals surface area contributed by atoms with Gasteiger partial charge in [0.05, 0.1) is 30.1 Å². The summed E-state index contributed by atoms with van der Waals surface area (Å²) in [5, 5.41) is 0. The number of amides is 2. The van der Waals surface area contributed by atoms with Crippen LogP contribution in [0.25, 0.3) is 0 Å². The van der Waals surface area contributed by atoms with E-state index in [1.54, 1.807) is 9.80 Å². The Hall–Kier alpha value is -2.06. The van der Waals surface area contributed by atoms with Gasteiger partial charge in [-0.15, -0.1) is 11.8 Å². The molecule has 0 saturated carbocycles. The number of fused-ring (bicyclic) bond motifs is 1. The van der Waals surface area contributed by atoms with Crippen molar-refractivity contribution >= 4 is 35.2 Å². The Balaban J connectivity index is 1.47. The highest BCUT2D eigenvalue weighted by Crippen LogP contribution is 2.34. The van der Waals surface area contributed by atoms with Crippen LogP contribution in [0.3, 0.4) is 0 Å². The molecule has 1 saturated heterocycles. The first kappa shape index (κ1) is 19.7. The minimum atomic E-state index is -0.485. The van der Waals surface area contributed by atoms with Gasteiger partial charge in [-0.05, 0) is 26.0 Å². The Labute approximate surface area is 163 Å². The quantitative estimate of drug-likeness (QED) is 0.710. The lowest BCUT2D eigenvalue weighted by molar-refractivity contribution is -0.157. The molecule has 2 heterocycles. The third kappa shape index (κ3) is 5.01. The number of carbonyl (C=O) groups excluding carboxylic acids is 3. The lowest BCUT2D eigenvalue weighted by Gasteiger charge is -2.35. The van der Waals surface area contributed by atoms with E-state index in [0.29, 0.717) is 18.8 Å². The summed E-state index contributed by atoms with van der Waals surface area (Å²) in [5.74, 6) is -0.376. The lowest BCUT2D eigenvalue weighted by Crippen LogP contribution is -2.49. The maximum atomic E-state index is 12.2. The number of hydrogen-bond donors (Lipinski definition) is 0. The topological polar surface area (TPSA) is 76.2 Å². The van der Waals surface area contributed by atoms with Gasteiger partial charge in [-0.2, -0.15) is 0 Å². The summed E-state index contributed by atoms with van der Waals surface area (Å²) in [5.41, 5.74) is 0.818. The molecule has 1 aromatic rings. The highest BCUT2D eigenvalue weighted by molar-refractivity contribution is 8.00. The molecule has 7 nitrogen and oxygen atoms in total. The van der Waals surface area contributed by atoms with Gasteiger partial charge in [0.2, 0.25) is 5.91 Å². The second-order valence-electron chi connectivity index (χ2n) is 6.77. The average Bonchev–Trinajstić information content (AvgIpc) is 2.64. The fourth-order valence-electron chi connectivity index (χ4n) is 3.29. The first-order valence-corrected chi connectivity index (χ1v) is 10.0. The van der Waals surface area contributed by atoms with Gasteiger partial charge in [-0.3, -0.25) is 14.4 Å². The van der Waals surface area contributed by atoms with Gasteiger partial charge in [0, 0.05) is 24.5 Å². The zero-order valence-corrected chi connectivity index (χ0v) is 16.4. The minimum absolute atomic E-state index is 0.0288. The third-order valence-electron chi connectivity index (χ3n) is 4.48. The first-order valence-electron chi connectivity index (χ1n) is 9.05. The Morgan fingerprint density at radius 1 is 1.22 bits per heavy atom. The van der Waals surface area contributed by atoms with E-state index >= 15 is 0 Å². The van der Waals surface area contributed by atoms with Crippen LogP contribution in [-0.2, 0) is 23.9 Å². The summed E-state index contributed by atoms with van der Waals surface area (Å²) >= 11 is 1.50. The summed E-state index contributed by atoms with van der Waals surface area (Å²) in [7, 11) is 0. The maximum absolute atomic E-state index is 12.2. The fraction of sp³-hybridized carbons (Fsp3) is 0.526. The highest BCUT2D eigenvalue weighted by atomic mass is 32.2. The third-order valence-corrected chi connectivity index (χ3v) is 5.52. The molecule has 3 rings (SSSR count). The zero-order chi connectivity index (χ0) is 19.4. The van der Waals surface area contributed by atoms with E-state index in [0.717, 1.165) is 10.6 Å². The molecule has 2 aliphatic rings. The molecule has 27 heavy (non-hydrogen) atoms. The van der Waals surface area contributed by atoms with Crippen molar-refractivity contribution in [2.24, 2.45) is 0 Å². The summed E-state index contributed by atoms with van der Waals surface area (Å²) < 4.78 is 10.7. The molecular formula is C19H24N2O5S. The zero-order valence-electron chi connectivity index (χ0n) is 15.6.